The van der Waals surface area contributed by atoms with Crippen LogP contribution in [0.5, 0.6) is 0 Å². The van der Waals surface area contributed by atoms with Crippen LogP contribution in [-0.2, 0) is 0 Å². The van der Waals surface area contributed by atoms with Gasteiger partial charge >= 0.3 is 0 Å². The van der Waals surface area contributed by atoms with Gasteiger partial charge < -0.3 is 5.43 Å². The van der Waals surface area contributed by atoms with Crippen LogP contribution in [0, 0.1) is 0 Å². The maximum Gasteiger partial charge on any atom is 0.125 e. The van der Waals surface area contributed by atoms with E-state index in [1.165, 1.54) is 0 Å². The van der Waals surface area contributed by atoms with E-state index in [9.17, 15) is 0 Å². The maximum absolute atomic E-state index is 5.88. The van der Waals surface area contributed by atoms with Gasteiger partial charge in [-0.05, 0) is 18.2 Å². The van der Waals surface area contributed by atoms with Gasteiger partial charge in [-0.2, -0.15) is 0 Å². The van der Waals surface area contributed by atoms with Crippen LogP contribution >= 0.6 is 23.8 Å². The van der Waals surface area contributed by atoms with Crippen LogP contribution in [0.15, 0.2) is 54.6 Å². The van der Waals surface area contributed by atoms with Gasteiger partial charge in [0.2, 0.25) is 0 Å². The van der Waals surface area contributed by atoms with Crippen LogP contribution in [0.1, 0.15) is 5.56 Å². The zero-order valence-corrected chi connectivity index (χ0v) is 10.6. The first-order valence-corrected chi connectivity index (χ1v) is 5.91. The number of hydrogen-bond donors (Lipinski definition) is 2. The van der Waals surface area contributed by atoms with Crippen molar-refractivity contribution < 1.29 is 0 Å². The molecule has 2 aromatic carbocycles. The third-order valence-electron chi connectivity index (χ3n) is 2.18. The van der Waals surface area contributed by atoms with Gasteiger partial charge in [-0.1, -0.05) is 60.2 Å². The Balaban J connectivity index is 1.97. The molecule has 0 aliphatic heterocycles. The Morgan fingerprint density at radius 1 is 1.00 bits per heavy atom. The van der Waals surface area contributed by atoms with Gasteiger partial charge in [0.25, 0.3) is 0 Å². The Kier molecular flexibility index (Phi) is 3.96. The highest BCUT2D eigenvalue weighted by molar-refractivity contribution is 7.80. The third kappa shape index (κ3) is 3.44. The van der Waals surface area contributed by atoms with Gasteiger partial charge in [0.15, 0.2) is 0 Å². The predicted octanol–water partition coefficient (Wildman–Crippen LogP) is 3.63. The summed E-state index contributed by atoms with van der Waals surface area (Å²) in [7, 11) is 0. The lowest BCUT2D eigenvalue weighted by atomic mass is 10.2. The van der Waals surface area contributed by atoms with E-state index >= 15 is 0 Å². The Hall–Kier alpha value is -1.58. The molecular weight excluding hydrogens is 252 g/mol. The molecule has 4 heteroatoms. The first-order chi connectivity index (χ1) is 8.25. The minimum absolute atomic E-state index is 0.644. The minimum Gasteiger partial charge on any atom is -0.300 e. The van der Waals surface area contributed by atoms with Crippen molar-refractivity contribution in [1.82, 2.24) is 5.43 Å². The Morgan fingerprint density at radius 2 is 1.76 bits per heavy atom. The summed E-state index contributed by atoms with van der Waals surface area (Å²) in [5.41, 5.74) is 7.81. The fraction of sp³-hybridized carbons (Fsp3) is 0. The minimum atomic E-state index is 0.644. The summed E-state index contributed by atoms with van der Waals surface area (Å²) in [5, 5.41) is 0.683. The molecule has 2 rings (SSSR count). The van der Waals surface area contributed by atoms with E-state index in [1.807, 2.05) is 54.6 Å². The molecule has 0 aliphatic carbocycles. The van der Waals surface area contributed by atoms with Gasteiger partial charge in [-0.3, -0.25) is 5.43 Å². The lowest BCUT2D eigenvalue weighted by Crippen LogP contribution is -2.28. The normalized spacial score (nSPS) is 9.71. The molecule has 0 bridgehead atoms. The van der Waals surface area contributed by atoms with E-state index in [4.69, 9.17) is 23.8 Å². The third-order valence-corrected chi connectivity index (χ3v) is 2.75. The predicted molar refractivity (Wildman–Crippen MR) is 76.4 cm³/mol. The SMILES string of the molecule is S=C(NNc1cccc(Cl)c1)c1ccccc1. The molecule has 0 unspecified atom stereocenters. The Bertz CT molecular complexity index is 514. The van der Waals surface area contributed by atoms with Crippen LogP contribution in [0.3, 0.4) is 0 Å². The van der Waals surface area contributed by atoms with Crippen LogP contribution in [-0.4, -0.2) is 4.99 Å². The largest absolute Gasteiger partial charge is 0.300 e. The number of rotatable bonds is 3. The van der Waals surface area contributed by atoms with E-state index in [-0.39, 0.29) is 0 Å². The first kappa shape index (κ1) is 11.9. The van der Waals surface area contributed by atoms with Crippen LogP contribution in [0.25, 0.3) is 0 Å². The molecule has 0 aromatic heterocycles. The van der Waals surface area contributed by atoms with Crippen molar-refractivity contribution in [3.05, 3.63) is 65.2 Å². The summed E-state index contributed by atoms with van der Waals surface area (Å²) in [6.07, 6.45) is 0. The molecule has 0 spiro atoms. The lowest BCUT2D eigenvalue weighted by Gasteiger charge is -2.10. The molecule has 2 aromatic rings. The summed E-state index contributed by atoms with van der Waals surface area (Å²) >= 11 is 11.1. The molecular formula is C13H11ClN2S. The number of hydrazine groups is 1. The lowest BCUT2D eigenvalue weighted by molar-refractivity contribution is 1.14. The highest BCUT2D eigenvalue weighted by Gasteiger charge is 1.99. The monoisotopic (exact) mass is 262 g/mol. The van der Waals surface area contributed by atoms with Gasteiger partial charge in [0.1, 0.15) is 4.99 Å². The van der Waals surface area contributed by atoms with Gasteiger partial charge in [0.05, 0.1) is 5.69 Å². The molecule has 0 saturated heterocycles. The van der Waals surface area contributed by atoms with Crippen LogP contribution < -0.4 is 10.9 Å². The van der Waals surface area contributed by atoms with Crippen molar-refractivity contribution in [2.75, 3.05) is 5.43 Å². The molecule has 0 atom stereocenters. The zero-order chi connectivity index (χ0) is 12.1. The number of anilines is 1. The Morgan fingerprint density at radius 3 is 2.47 bits per heavy atom. The number of benzene rings is 2. The zero-order valence-electron chi connectivity index (χ0n) is 8.98. The van der Waals surface area contributed by atoms with Gasteiger partial charge in [-0.15, -0.1) is 0 Å². The van der Waals surface area contributed by atoms with E-state index in [0.29, 0.717) is 10.0 Å². The van der Waals surface area contributed by atoms with Crippen molar-refractivity contribution in [3.8, 4) is 0 Å². The standard InChI is InChI=1S/C13H11ClN2S/c14-11-7-4-8-12(9-11)15-16-13(17)10-5-2-1-3-6-10/h1-9,15H,(H,16,17). The van der Waals surface area contributed by atoms with E-state index < -0.39 is 0 Å². The quantitative estimate of drug-likeness (QED) is 0.652. The average molecular weight is 263 g/mol. The van der Waals surface area contributed by atoms with Crippen molar-refractivity contribution >= 4 is 34.5 Å². The molecule has 17 heavy (non-hydrogen) atoms. The summed E-state index contributed by atoms with van der Waals surface area (Å²) < 4.78 is 0. The smallest absolute Gasteiger partial charge is 0.125 e. The molecule has 0 amide bonds. The molecule has 2 N–H and O–H groups in total. The van der Waals surface area contributed by atoms with E-state index in [0.717, 1.165) is 11.3 Å². The fourth-order valence-electron chi connectivity index (χ4n) is 1.36. The second kappa shape index (κ2) is 5.66. The summed E-state index contributed by atoms with van der Waals surface area (Å²) in [4.78, 5) is 0.644. The first-order valence-electron chi connectivity index (χ1n) is 5.13. The van der Waals surface area contributed by atoms with Gasteiger partial charge in [0, 0.05) is 10.6 Å². The maximum atomic E-state index is 5.88. The van der Waals surface area contributed by atoms with Gasteiger partial charge in [-0.25, -0.2) is 0 Å². The van der Waals surface area contributed by atoms with Crippen LogP contribution in [0.4, 0.5) is 5.69 Å². The summed E-state index contributed by atoms with van der Waals surface area (Å²) in [6.45, 7) is 0. The molecule has 86 valence electrons. The highest BCUT2D eigenvalue weighted by Crippen LogP contribution is 2.14. The van der Waals surface area contributed by atoms with Crippen molar-refractivity contribution in [2.45, 2.75) is 0 Å². The summed E-state index contributed by atoms with van der Waals surface area (Å²) in [6, 6.07) is 17.2. The molecule has 2 nitrogen and oxygen atoms in total. The molecule has 0 heterocycles. The molecule has 0 fully saturated rings. The van der Waals surface area contributed by atoms with Crippen molar-refractivity contribution in [1.29, 1.82) is 0 Å². The Labute approximate surface area is 111 Å². The molecule has 0 aliphatic rings. The molecule has 0 saturated carbocycles. The van der Waals surface area contributed by atoms with E-state index in [1.54, 1.807) is 0 Å². The second-order valence-corrected chi connectivity index (χ2v) is 4.30. The highest BCUT2D eigenvalue weighted by atomic mass is 35.5. The average Bonchev–Trinajstić information content (AvgIpc) is 2.37. The topological polar surface area (TPSA) is 24.1 Å². The van der Waals surface area contributed by atoms with Crippen molar-refractivity contribution in [2.24, 2.45) is 0 Å². The number of thiocarbonyl (C=S) groups is 1. The van der Waals surface area contributed by atoms with Crippen LogP contribution in [0.2, 0.25) is 5.02 Å². The molecule has 0 radical (unpaired) electrons. The van der Waals surface area contributed by atoms with E-state index in [2.05, 4.69) is 10.9 Å². The number of halogens is 1. The summed E-state index contributed by atoms with van der Waals surface area (Å²) in [5.74, 6) is 0. The second-order valence-electron chi connectivity index (χ2n) is 3.46. The number of hydrogen-bond acceptors (Lipinski definition) is 2. The van der Waals surface area contributed by atoms with Crippen molar-refractivity contribution in [3.63, 3.8) is 0 Å². The fourth-order valence-corrected chi connectivity index (χ4v) is 1.73. The number of nitrogens with one attached hydrogen (secondary N) is 2.